The molecule has 4 amide bonds. The number of phenolic OH excluding ortho intramolecular Hbond substituents is 1. The van der Waals surface area contributed by atoms with Crippen LogP contribution in [0.25, 0.3) is 0 Å². The number of ether oxygens (including phenoxy) is 1. The molecule has 0 spiro atoms. The number of hydrazine groups is 1. The van der Waals surface area contributed by atoms with Gasteiger partial charge in [-0.15, -0.1) is 0 Å². The molecule has 0 bridgehead atoms. The summed E-state index contributed by atoms with van der Waals surface area (Å²) in [6, 6.07) is 17.1. The van der Waals surface area contributed by atoms with Crippen LogP contribution in [0.3, 0.4) is 0 Å². The summed E-state index contributed by atoms with van der Waals surface area (Å²) < 4.78 is 19.5. The van der Waals surface area contributed by atoms with E-state index in [1.165, 1.54) is 35.2 Å². The zero-order valence-electron chi connectivity index (χ0n) is 25.8. The summed E-state index contributed by atoms with van der Waals surface area (Å²) in [6.07, 6.45) is 2.42. The molecule has 2 aliphatic carbocycles. The van der Waals surface area contributed by atoms with Gasteiger partial charge in [0.15, 0.2) is 11.5 Å². The van der Waals surface area contributed by atoms with Crippen LogP contribution in [0.1, 0.15) is 43.7 Å². The number of hydrogen-bond acceptors (Lipinski definition) is 7. The lowest BCUT2D eigenvalue weighted by molar-refractivity contribution is -0.141. The van der Waals surface area contributed by atoms with Crippen LogP contribution < -0.4 is 10.2 Å². The first kappa shape index (κ1) is 30.9. The number of benzene rings is 3. The van der Waals surface area contributed by atoms with Gasteiger partial charge < -0.3 is 9.84 Å². The molecule has 0 aromatic heterocycles. The molecule has 9 nitrogen and oxygen atoms in total. The number of phenols is 1. The van der Waals surface area contributed by atoms with Gasteiger partial charge in [0.2, 0.25) is 11.8 Å². The molecule has 11 heteroatoms. The Morgan fingerprint density at radius 2 is 1.68 bits per heavy atom. The van der Waals surface area contributed by atoms with E-state index in [0.717, 1.165) is 10.6 Å². The van der Waals surface area contributed by atoms with Gasteiger partial charge in [0.05, 0.1) is 35.5 Å². The Morgan fingerprint density at radius 1 is 0.957 bits per heavy atom. The van der Waals surface area contributed by atoms with Gasteiger partial charge in [-0.2, -0.15) is 5.01 Å². The van der Waals surface area contributed by atoms with E-state index in [9.17, 15) is 23.9 Å². The SMILES string of the molecule is CCOc1cc([C@H]2C3=CC[C@@H]4C(=O)N(CC)C(=O)[C@@H]4[C@@H]3C[C@H]3C(=O)N(Nc4ccc(F)cc4)C(=O)[C@@]23c2ccc(Cl)cc2)ccc1O. The van der Waals surface area contributed by atoms with E-state index in [-0.39, 0.29) is 42.9 Å². The second kappa shape index (κ2) is 11.5. The number of anilines is 1. The summed E-state index contributed by atoms with van der Waals surface area (Å²) in [4.78, 5) is 58.2. The first-order chi connectivity index (χ1) is 22.6. The molecule has 3 aromatic carbocycles. The molecule has 7 rings (SSSR count). The van der Waals surface area contributed by atoms with Crippen molar-refractivity contribution in [2.75, 3.05) is 18.6 Å². The van der Waals surface area contributed by atoms with Crippen LogP contribution in [0.15, 0.2) is 78.4 Å². The smallest absolute Gasteiger partial charge is 0.260 e. The molecule has 0 unspecified atom stereocenters. The number of likely N-dealkylation sites (tertiary alicyclic amines) is 1. The zero-order valence-corrected chi connectivity index (χ0v) is 26.5. The van der Waals surface area contributed by atoms with Gasteiger partial charge in [-0.3, -0.25) is 29.5 Å². The largest absolute Gasteiger partial charge is 0.504 e. The number of carbonyl (C=O) groups is 4. The van der Waals surface area contributed by atoms with Crippen molar-refractivity contribution in [2.24, 2.45) is 23.7 Å². The zero-order chi connectivity index (χ0) is 33.2. The van der Waals surface area contributed by atoms with Crippen molar-refractivity contribution >= 4 is 40.9 Å². The number of imide groups is 2. The number of nitrogens with one attached hydrogen (secondary N) is 1. The third-order valence-corrected chi connectivity index (χ3v) is 10.5. The lowest BCUT2D eigenvalue weighted by Crippen LogP contribution is -2.53. The predicted octanol–water partition coefficient (Wildman–Crippen LogP) is 5.59. The van der Waals surface area contributed by atoms with E-state index in [4.69, 9.17) is 16.3 Å². The number of nitrogens with zero attached hydrogens (tertiary/aromatic N) is 2. The van der Waals surface area contributed by atoms with Crippen LogP contribution in [0.2, 0.25) is 5.02 Å². The minimum absolute atomic E-state index is 0.0821. The average molecular weight is 658 g/mol. The summed E-state index contributed by atoms with van der Waals surface area (Å²) in [6.45, 7) is 4.08. The maximum atomic E-state index is 15.1. The van der Waals surface area contributed by atoms with Crippen LogP contribution in [0.4, 0.5) is 10.1 Å². The number of hydrogen-bond donors (Lipinski definition) is 2. The molecule has 47 heavy (non-hydrogen) atoms. The Kier molecular flexibility index (Phi) is 7.58. The van der Waals surface area contributed by atoms with Gasteiger partial charge in [-0.05, 0) is 92.3 Å². The lowest BCUT2D eigenvalue weighted by atomic mass is 9.49. The maximum absolute atomic E-state index is 15.1. The van der Waals surface area contributed by atoms with E-state index in [2.05, 4.69) is 5.43 Å². The number of allylic oxidation sites excluding steroid dienone is 2. The highest BCUT2D eigenvalue weighted by Crippen LogP contribution is 2.64. The van der Waals surface area contributed by atoms with Crippen LogP contribution in [-0.2, 0) is 24.6 Å². The Balaban J connectivity index is 1.47. The van der Waals surface area contributed by atoms with Gasteiger partial charge in [0.25, 0.3) is 11.8 Å². The van der Waals surface area contributed by atoms with Gasteiger partial charge in [-0.1, -0.05) is 41.4 Å². The predicted molar refractivity (Wildman–Crippen MR) is 171 cm³/mol. The number of fused-ring (bicyclic) bond motifs is 4. The van der Waals surface area contributed by atoms with Gasteiger partial charge >= 0.3 is 0 Å². The quantitative estimate of drug-likeness (QED) is 0.251. The standard InChI is InChI=1S/C36H33ClFN3O6/c1-3-40-32(43)25-15-14-24-26(30(25)34(40)45)18-27-33(44)41(39-23-12-10-22(38)11-13-23)35(46)36(27,20-6-8-21(37)9-7-20)31(24)19-5-16-28(42)29(17-19)47-4-2/h5-14,16-17,25-27,30-31,39,42H,3-4,15,18H2,1-2H3/t25-,26+,27-,30-,31-,36+/m0/s1. The summed E-state index contributed by atoms with van der Waals surface area (Å²) in [5.74, 6) is -5.36. The van der Waals surface area contributed by atoms with E-state index in [1.807, 2.05) is 6.08 Å². The fourth-order valence-electron chi connectivity index (χ4n) is 8.39. The van der Waals surface area contributed by atoms with Gasteiger partial charge in [0, 0.05) is 17.5 Å². The molecule has 2 aliphatic heterocycles. The molecule has 6 atom stereocenters. The molecule has 2 N–H and O–H groups in total. The maximum Gasteiger partial charge on any atom is 0.260 e. The third kappa shape index (κ3) is 4.56. The number of halogens is 2. The van der Waals surface area contributed by atoms with Crippen molar-refractivity contribution in [1.82, 2.24) is 9.91 Å². The molecule has 2 saturated heterocycles. The topological polar surface area (TPSA) is 116 Å². The highest BCUT2D eigenvalue weighted by molar-refractivity contribution is 6.30. The Bertz CT molecular complexity index is 1830. The molecule has 2 heterocycles. The number of rotatable bonds is 7. The first-order valence-corrected chi connectivity index (χ1v) is 16.2. The number of aromatic hydroxyl groups is 1. The van der Waals surface area contributed by atoms with Crippen LogP contribution in [-0.4, -0.2) is 51.8 Å². The summed E-state index contributed by atoms with van der Waals surface area (Å²) >= 11 is 6.33. The molecule has 4 aliphatic rings. The minimum Gasteiger partial charge on any atom is -0.504 e. The van der Waals surface area contributed by atoms with Crippen molar-refractivity contribution in [2.45, 2.75) is 38.0 Å². The number of amides is 4. The number of carbonyl (C=O) groups excluding carboxylic acids is 4. The third-order valence-electron chi connectivity index (χ3n) is 10.3. The van der Waals surface area contributed by atoms with E-state index >= 15 is 4.79 Å². The molecule has 3 aromatic rings. The van der Waals surface area contributed by atoms with E-state index < -0.39 is 52.6 Å². The highest BCUT2D eigenvalue weighted by atomic mass is 35.5. The summed E-state index contributed by atoms with van der Waals surface area (Å²) in [5.41, 5.74) is 3.70. The van der Waals surface area contributed by atoms with E-state index in [1.54, 1.807) is 50.2 Å². The Hall–Kier alpha value is -4.70. The highest BCUT2D eigenvalue weighted by Gasteiger charge is 2.70. The van der Waals surface area contributed by atoms with Crippen molar-refractivity contribution in [3.8, 4) is 11.5 Å². The Labute approximate surface area is 275 Å². The molecular formula is C36H33ClFN3O6. The second-order valence-corrected chi connectivity index (χ2v) is 12.9. The van der Waals surface area contributed by atoms with Crippen molar-refractivity contribution < 1.29 is 33.4 Å². The molecular weight excluding hydrogens is 625 g/mol. The first-order valence-electron chi connectivity index (χ1n) is 15.8. The van der Waals surface area contributed by atoms with Crippen LogP contribution in [0.5, 0.6) is 11.5 Å². The van der Waals surface area contributed by atoms with Crippen LogP contribution >= 0.6 is 11.6 Å². The van der Waals surface area contributed by atoms with Crippen molar-refractivity contribution in [3.63, 3.8) is 0 Å². The molecule has 1 saturated carbocycles. The normalized spacial score (nSPS) is 28.2. The van der Waals surface area contributed by atoms with Crippen molar-refractivity contribution in [3.05, 3.63) is 100 Å². The van der Waals surface area contributed by atoms with Gasteiger partial charge in [0.1, 0.15) is 5.82 Å². The molecule has 0 radical (unpaired) electrons. The van der Waals surface area contributed by atoms with Crippen molar-refractivity contribution in [1.29, 1.82) is 0 Å². The van der Waals surface area contributed by atoms with Gasteiger partial charge in [-0.25, -0.2) is 4.39 Å². The average Bonchev–Trinajstić information content (AvgIpc) is 3.44. The summed E-state index contributed by atoms with van der Waals surface area (Å²) in [5, 5.41) is 12.1. The second-order valence-electron chi connectivity index (χ2n) is 12.5. The minimum atomic E-state index is -1.51. The fraction of sp³-hybridized carbons (Fsp3) is 0.333. The fourth-order valence-corrected chi connectivity index (χ4v) is 8.51. The van der Waals surface area contributed by atoms with Crippen LogP contribution in [0, 0.1) is 29.5 Å². The summed E-state index contributed by atoms with van der Waals surface area (Å²) in [7, 11) is 0. The molecule has 3 fully saturated rings. The monoisotopic (exact) mass is 657 g/mol. The molecule has 242 valence electrons. The van der Waals surface area contributed by atoms with E-state index in [0.29, 0.717) is 28.3 Å². The Morgan fingerprint density at radius 3 is 2.36 bits per heavy atom. The lowest BCUT2D eigenvalue weighted by Gasteiger charge is -2.50.